The van der Waals surface area contributed by atoms with Gasteiger partial charge in [-0.05, 0) is 0 Å². The van der Waals surface area contributed by atoms with Crippen LogP contribution < -0.4 is 35.3 Å². The van der Waals surface area contributed by atoms with Crippen molar-refractivity contribution >= 4 is 16.4 Å². The molecule has 0 aliphatic heterocycles. The minimum atomic E-state index is -3.80. The fourth-order valence-electron chi connectivity index (χ4n) is 1.83. The van der Waals surface area contributed by atoms with E-state index in [4.69, 9.17) is 10.3 Å². The van der Waals surface area contributed by atoms with E-state index in [1.54, 1.807) is 0 Å². The van der Waals surface area contributed by atoms with E-state index in [1.807, 2.05) is 6.29 Å². The summed E-state index contributed by atoms with van der Waals surface area (Å²) in [5, 5.41) is 0. The van der Waals surface area contributed by atoms with Crippen molar-refractivity contribution in [1.29, 1.82) is 0 Å². The molecule has 0 aliphatic rings. The molecule has 0 amide bonds. The average molecular weight is 345 g/mol. The van der Waals surface area contributed by atoms with Crippen molar-refractivity contribution in [2.24, 2.45) is 5.73 Å². The maximum atomic E-state index is 9.92. The second-order valence-corrected chi connectivity index (χ2v) is 6.72. The fraction of sp³-hybridized carbons (Fsp3) is 0.933. The monoisotopic (exact) mass is 345 g/mol. The van der Waals surface area contributed by atoms with E-state index in [-0.39, 0.29) is 41.9 Å². The Labute approximate surface area is 158 Å². The number of hydrogen-bond acceptors (Lipinski definition) is 4. The third kappa shape index (κ3) is 32.5. The van der Waals surface area contributed by atoms with Crippen LogP contribution in [0, 0.1) is 0 Å². The van der Waals surface area contributed by atoms with E-state index in [1.165, 1.54) is 57.8 Å². The first kappa shape index (κ1) is 27.4. The van der Waals surface area contributed by atoms with Gasteiger partial charge in [0.15, 0.2) is 0 Å². The van der Waals surface area contributed by atoms with Gasteiger partial charge >= 0.3 is 29.6 Å². The zero-order valence-corrected chi connectivity index (χ0v) is 17.2. The van der Waals surface area contributed by atoms with E-state index < -0.39 is 10.1 Å². The molecule has 0 unspecified atom stereocenters. The molecule has 0 radical (unpaired) electrons. The summed E-state index contributed by atoms with van der Waals surface area (Å²) in [5.74, 6) is -0.354. The van der Waals surface area contributed by atoms with E-state index in [0.717, 1.165) is 6.42 Å². The largest absolute Gasteiger partial charge is 1.00 e. The van der Waals surface area contributed by atoms with Crippen LogP contribution in [0.1, 0.15) is 77.6 Å². The first-order valence-corrected chi connectivity index (χ1v) is 9.59. The van der Waals surface area contributed by atoms with Gasteiger partial charge in [0, 0.05) is 6.54 Å². The molecule has 0 spiro atoms. The molecule has 3 N–H and O–H groups in total. The zero-order valence-electron chi connectivity index (χ0n) is 14.3. The van der Waals surface area contributed by atoms with Crippen LogP contribution in [0.3, 0.4) is 0 Å². The van der Waals surface area contributed by atoms with Crippen molar-refractivity contribution in [3.8, 4) is 0 Å². The second-order valence-electron chi connectivity index (χ2n) is 5.15. The predicted molar refractivity (Wildman–Crippen MR) is 87.6 cm³/mol. The van der Waals surface area contributed by atoms with Gasteiger partial charge in [-0.1, -0.05) is 71.1 Å². The van der Waals surface area contributed by atoms with Crippen molar-refractivity contribution in [2.45, 2.75) is 77.6 Å². The molecule has 0 bridgehead atoms. The number of nitrogens with two attached hydrogens (primary N) is 1. The van der Waals surface area contributed by atoms with Crippen LogP contribution in [0.15, 0.2) is 0 Å². The minimum Gasteiger partial charge on any atom is -0.542 e. The third-order valence-corrected chi connectivity index (χ3v) is 3.76. The number of rotatable bonds is 13. The van der Waals surface area contributed by atoms with Crippen molar-refractivity contribution in [3.63, 3.8) is 0 Å². The molecule has 0 fully saturated rings. The van der Waals surface area contributed by atoms with Crippen LogP contribution >= 0.6 is 0 Å². The first-order chi connectivity index (χ1) is 9.97. The van der Waals surface area contributed by atoms with Crippen LogP contribution in [0.4, 0.5) is 0 Å². The van der Waals surface area contributed by atoms with Gasteiger partial charge in [-0.3, -0.25) is 10.8 Å². The first-order valence-electron chi connectivity index (χ1n) is 7.98. The van der Waals surface area contributed by atoms with Crippen LogP contribution in [-0.4, -0.2) is 31.6 Å². The summed E-state index contributed by atoms with van der Waals surface area (Å²) in [7, 11) is -3.80. The Hall–Kier alpha value is 0.540. The van der Waals surface area contributed by atoms with Crippen molar-refractivity contribution < 1.29 is 47.3 Å². The normalized spacial score (nSPS) is 10.3. The van der Waals surface area contributed by atoms with E-state index in [2.05, 4.69) is 6.92 Å². The summed E-state index contributed by atoms with van der Waals surface area (Å²) in [5.41, 5.74) is 4.78. The zero-order chi connectivity index (χ0) is 16.4. The number of carbonyl (C=O) groups excluding carboxylic acids is 1. The molecule has 0 atom stereocenters. The summed E-state index contributed by atoms with van der Waals surface area (Å²) in [4.78, 5) is 9.92. The SMILES string of the molecule is CCCCCCCCCCCC[C-]=O.NCCS(=O)(=O)O.[Na+]. The molecule has 7 heteroatoms. The van der Waals surface area contributed by atoms with Crippen molar-refractivity contribution in [3.05, 3.63) is 0 Å². The molecule has 0 heterocycles. The van der Waals surface area contributed by atoms with Gasteiger partial charge in [0.25, 0.3) is 10.1 Å². The van der Waals surface area contributed by atoms with Crippen molar-refractivity contribution in [2.75, 3.05) is 12.3 Å². The van der Waals surface area contributed by atoms with Crippen LogP contribution in [0.5, 0.6) is 0 Å². The molecule has 0 aromatic carbocycles. The van der Waals surface area contributed by atoms with Gasteiger partial charge in [0.2, 0.25) is 0 Å². The van der Waals surface area contributed by atoms with Gasteiger partial charge in [0.05, 0.1) is 5.75 Å². The Bertz CT molecular complexity index is 311. The molecule has 0 saturated carbocycles. The van der Waals surface area contributed by atoms with Crippen LogP contribution in [0.25, 0.3) is 0 Å². The topological polar surface area (TPSA) is 97.5 Å². The van der Waals surface area contributed by atoms with Gasteiger partial charge in [-0.25, -0.2) is 0 Å². The van der Waals surface area contributed by atoms with Gasteiger partial charge < -0.3 is 10.5 Å². The molecule has 5 nitrogen and oxygen atoms in total. The molecule has 128 valence electrons. The average Bonchev–Trinajstić information content (AvgIpc) is 2.40. The maximum absolute atomic E-state index is 9.92. The Morgan fingerprint density at radius 2 is 1.32 bits per heavy atom. The Kier molecular flexibility index (Phi) is 26.8. The number of unbranched alkanes of at least 4 members (excludes halogenated alkanes) is 10. The van der Waals surface area contributed by atoms with E-state index in [9.17, 15) is 13.2 Å². The Morgan fingerprint density at radius 1 is 0.909 bits per heavy atom. The molecule has 0 aliphatic carbocycles. The Balaban J connectivity index is -0.000000385. The van der Waals surface area contributed by atoms with E-state index >= 15 is 0 Å². The fourth-order valence-corrected chi connectivity index (χ4v) is 2.13. The summed E-state index contributed by atoms with van der Waals surface area (Å²) in [6.07, 6.45) is 15.8. The minimum absolute atomic E-state index is 0. The van der Waals surface area contributed by atoms with Crippen LogP contribution in [0.2, 0.25) is 0 Å². The Morgan fingerprint density at radius 3 is 1.59 bits per heavy atom. The molecule has 0 aromatic heterocycles. The third-order valence-electron chi connectivity index (χ3n) is 3.01. The maximum Gasteiger partial charge on any atom is 1.00 e. The molecule has 22 heavy (non-hydrogen) atoms. The number of hydrogen-bond donors (Lipinski definition) is 2. The van der Waals surface area contributed by atoms with Gasteiger partial charge in [-0.15, -0.1) is 0 Å². The van der Waals surface area contributed by atoms with Crippen LogP contribution in [-0.2, 0) is 14.9 Å². The summed E-state index contributed by atoms with van der Waals surface area (Å²) >= 11 is 0. The summed E-state index contributed by atoms with van der Waals surface area (Å²) in [6, 6.07) is 0. The molecule has 0 aromatic rings. The summed E-state index contributed by atoms with van der Waals surface area (Å²) < 4.78 is 27.3. The summed E-state index contributed by atoms with van der Waals surface area (Å²) in [6.45, 7) is 2.23. The predicted octanol–water partition coefficient (Wildman–Crippen LogP) is 0.244. The molecular formula is C15H32NNaO4S. The van der Waals surface area contributed by atoms with Crippen molar-refractivity contribution in [1.82, 2.24) is 0 Å². The quantitative estimate of drug-likeness (QED) is 0.216. The standard InChI is InChI=1S/C13H25O.C2H7NO3S.Na/c1-2-3-4-5-6-7-8-9-10-11-12-13-14;3-1-2-7(4,5)6;/h2-12H2,1H3;1-3H2,(H,4,5,6);/q-1;;+1. The molecular weight excluding hydrogens is 313 g/mol. The molecule has 0 rings (SSSR count). The second kappa shape index (κ2) is 21.5. The molecule has 0 saturated heterocycles. The van der Waals surface area contributed by atoms with E-state index in [0.29, 0.717) is 6.42 Å². The smallest absolute Gasteiger partial charge is 0.542 e. The van der Waals surface area contributed by atoms with Gasteiger partial charge in [0.1, 0.15) is 0 Å². The van der Waals surface area contributed by atoms with Gasteiger partial charge in [-0.2, -0.15) is 14.8 Å².